The van der Waals surface area contributed by atoms with Gasteiger partial charge >= 0.3 is 6.18 Å². The van der Waals surface area contributed by atoms with E-state index in [4.69, 9.17) is 4.74 Å². The van der Waals surface area contributed by atoms with Crippen LogP contribution in [0.3, 0.4) is 0 Å². The molecule has 0 radical (unpaired) electrons. The summed E-state index contributed by atoms with van der Waals surface area (Å²) in [7, 11) is 0. The fourth-order valence-electron chi connectivity index (χ4n) is 2.90. The monoisotopic (exact) mass is 303 g/mol. The van der Waals surface area contributed by atoms with E-state index in [1.165, 1.54) is 18.2 Å². The van der Waals surface area contributed by atoms with Crippen LogP contribution in [0, 0.1) is 0 Å². The summed E-state index contributed by atoms with van der Waals surface area (Å²) in [6.07, 6.45) is -2.93. The van der Waals surface area contributed by atoms with E-state index in [0.717, 1.165) is 6.07 Å². The van der Waals surface area contributed by atoms with Crippen molar-refractivity contribution >= 4 is 0 Å². The summed E-state index contributed by atoms with van der Waals surface area (Å²) in [6, 6.07) is 5.24. The van der Waals surface area contributed by atoms with Crippen molar-refractivity contribution in [3.05, 3.63) is 29.8 Å². The van der Waals surface area contributed by atoms with Crippen molar-refractivity contribution in [2.24, 2.45) is 0 Å². The molecular weight excluding hydrogens is 283 g/mol. The molecule has 0 bridgehead atoms. The number of ether oxygens (including phenoxy) is 1. The van der Waals surface area contributed by atoms with Crippen molar-refractivity contribution in [2.75, 3.05) is 13.2 Å². The second kappa shape index (κ2) is 6.23. The highest BCUT2D eigenvalue weighted by Gasteiger charge is 2.40. The van der Waals surface area contributed by atoms with Crippen LogP contribution >= 0.6 is 0 Å². The van der Waals surface area contributed by atoms with Crippen LogP contribution in [0.1, 0.15) is 31.7 Å². The van der Waals surface area contributed by atoms with Crippen molar-refractivity contribution in [3.8, 4) is 5.75 Å². The van der Waals surface area contributed by atoms with E-state index in [-0.39, 0.29) is 18.5 Å². The molecule has 6 heteroatoms. The van der Waals surface area contributed by atoms with Gasteiger partial charge in [-0.1, -0.05) is 19.1 Å². The highest BCUT2D eigenvalue weighted by atomic mass is 19.4. The summed E-state index contributed by atoms with van der Waals surface area (Å²) >= 11 is 0. The minimum atomic E-state index is -4.43. The van der Waals surface area contributed by atoms with Crippen LogP contribution in [0.25, 0.3) is 0 Å². The Kier molecular flexibility index (Phi) is 4.78. The van der Waals surface area contributed by atoms with Crippen molar-refractivity contribution < 1.29 is 23.0 Å². The van der Waals surface area contributed by atoms with Gasteiger partial charge in [0, 0.05) is 12.0 Å². The molecule has 2 unspecified atom stereocenters. The predicted molar refractivity (Wildman–Crippen MR) is 73.2 cm³/mol. The van der Waals surface area contributed by atoms with E-state index in [9.17, 15) is 18.3 Å². The maximum absolute atomic E-state index is 12.9. The minimum Gasteiger partial charge on any atom is -0.490 e. The van der Waals surface area contributed by atoms with Crippen LogP contribution in [-0.4, -0.2) is 29.9 Å². The van der Waals surface area contributed by atoms with Gasteiger partial charge in [0.1, 0.15) is 11.9 Å². The summed E-state index contributed by atoms with van der Waals surface area (Å²) in [6.45, 7) is 2.60. The molecule has 1 aliphatic rings. The zero-order valence-corrected chi connectivity index (χ0v) is 11.9. The molecule has 3 nitrogen and oxygen atoms in total. The molecule has 1 aromatic rings. The zero-order valence-electron chi connectivity index (χ0n) is 11.9. The third kappa shape index (κ3) is 3.68. The quantitative estimate of drug-likeness (QED) is 0.878. The van der Waals surface area contributed by atoms with Crippen molar-refractivity contribution in [1.82, 2.24) is 5.32 Å². The first kappa shape index (κ1) is 16.1. The SMILES string of the molecule is CCNC1(CO)CCC(Oc2ccccc2C(F)(F)F)C1. The van der Waals surface area contributed by atoms with Gasteiger partial charge in [-0.2, -0.15) is 13.2 Å². The molecule has 1 aliphatic carbocycles. The van der Waals surface area contributed by atoms with E-state index in [1.807, 2.05) is 6.92 Å². The van der Waals surface area contributed by atoms with Gasteiger partial charge in [-0.15, -0.1) is 0 Å². The van der Waals surface area contributed by atoms with E-state index in [1.54, 1.807) is 0 Å². The van der Waals surface area contributed by atoms with Crippen LogP contribution in [0.15, 0.2) is 24.3 Å². The fraction of sp³-hybridized carbons (Fsp3) is 0.600. The molecule has 1 saturated carbocycles. The molecule has 0 amide bonds. The van der Waals surface area contributed by atoms with Gasteiger partial charge in [-0.3, -0.25) is 0 Å². The number of aliphatic hydroxyl groups is 1. The molecule has 0 saturated heterocycles. The first-order valence-corrected chi connectivity index (χ1v) is 7.09. The Morgan fingerprint density at radius 2 is 2.10 bits per heavy atom. The molecular formula is C15H20F3NO2. The zero-order chi connectivity index (χ0) is 15.5. The van der Waals surface area contributed by atoms with Gasteiger partial charge < -0.3 is 15.2 Å². The van der Waals surface area contributed by atoms with Gasteiger partial charge in [0.05, 0.1) is 12.2 Å². The Balaban J connectivity index is 2.11. The number of benzene rings is 1. The van der Waals surface area contributed by atoms with E-state index >= 15 is 0 Å². The average molecular weight is 303 g/mol. The van der Waals surface area contributed by atoms with Crippen LogP contribution in [0.5, 0.6) is 5.75 Å². The molecule has 1 aromatic carbocycles. The summed E-state index contributed by atoms with van der Waals surface area (Å²) in [5, 5.41) is 12.7. The third-order valence-corrected chi connectivity index (χ3v) is 3.90. The number of alkyl halides is 3. The summed E-state index contributed by atoms with van der Waals surface area (Å²) in [5.41, 5.74) is -1.19. The highest BCUT2D eigenvalue weighted by Crippen LogP contribution is 2.39. The Hall–Kier alpha value is -1.27. The van der Waals surface area contributed by atoms with E-state index in [2.05, 4.69) is 5.32 Å². The normalized spacial score (nSPS) is 26.0. The second-order valence-electron chi connectivity index (χ2n) is 5.45. The third-order valence-electron chi connectivity index (χ3n) is 3.90. The maximum atomic E-state index is 12.9. The first-order chi connectivity index (χ1) is 9.90. The van der Waals surface area contributed by atoms with Crippen molar-refractivity contribution in [1.29, 1.82) is 0 Å². The highest BCUT2D eigenvalue weighted by molar-refractivity contribution is 5.35. The van der Waals surface area contributed by atoms with Gasteiger partial charge in [0.25, 0.3) is 0 Å². The lowest BCUT2D eigenvalue weighted by atomic mass is 9.99. The lowest BCUT2D eigenvalue weighted by Crippen LogP contribution is -2.46. The van der Waals surface area contributed by atoms with Crippen molar-refractivity contribution in [3.63, 3.8) is 0 Å². The molecule has 118 valence electrons. The molecule has 2 rings (SSSR count). The summed E-state index contributed by atoms with van der Waals surface area (Å²) < 4.78 is 44.4. The Labute approximate surface area is 122 Å². The second-order valence-corrected chi connectivity index (χ2v) is 5.45. The van der Waals surface area contributed by atoms with Crippen molar-refractivity contribution in [2.45, 2.75) is 44.0 Å². The maximum Gasteiger partial charge on any atom is 0.419 e. The number of para-hydroxylation sites is 1. The topological polar surface area (TPSA) is 41.5 Å². The van der Waals surface area contributed by atoms with Gasteiger partial charge in [0.2, 0.25) is 0 Å². The lowest BCUT2D eigenvalue weighted by Gasteiger charge is -2.28. The molecule has 1 fully saturated rings. The van der Waals surface area contributed by atoms with Crippen LogP contribution in [0.4, 0.5) is 13.2 Å². The minimum absolute atomic E-state index is 0.0401. The fourth-order valence-corrected chi connectivity index (χ4v) is 2.90. The van der Waals surface area contributed by atoms with E-state index in [0.29, 0.717) is 25.8 Å². The van der Waals surface area contributed by atoms with Gasteiger partial charge in [-0.05, 0) is 31.5 Å². The number of halogens is 3. The number of aliphatic hydroxyl groups excluding tert-OH is 1. The number of likely N-dealkylation sites (N-methyl/N-ethyl adjacent to an activating group) is 1. The molecule has 0 spiro atoms. The van der Waals surface area contributed by atoms with Gasteiger partial charge in [-0.25, -0.2) is 0 Å². The van der Waals surface area contributed by atoms with Crippen LogP contribution in [0.2, 0.25) is 0 Å². The first-order valence-electron chi connectivity index (χ1n) is 7.09. The largest absolute Gasteiger partial charge is 0.490 e. The molecule has 0 heterocycles. The number of hydrogen-bond donors (Lipinski definition) is 2. The summed E-state index contributed by atoms with van der Waals surface area (Å²) in [4.78, 5) is 0. The van der Waals surface area contributed by atoms with Crippen LogP contribution < -0.4 is 10.1 Å². The number of hydrogen-bond acceptors (Lipinski definition) is 3. The number of rotatable bonds is 5. The molecule has 2 N–H and O–H groups in total. The Morgan fingerprint density at radius 3 is 2.71 bits per heavy atom. The average Bonchev–Trinajstić information content (AvgIpc) is 2.82. The predicted octanol–water partition coefficient (Wildman–Crippen LogP) is 2.98. The molecule has 21 heavy (non-hydrogen) atoms. The molecule has 0 aromatic heterocycles. The molecule has 2 atom stereocenters. The van der Waals surface area contributed by atoms with E-state index < -0.39 is 17.3 Å². The standard InChI is InChI=1S/C15H20F3NO2/c1-2-19-14(10-20)8-7-11(9-14)21-13-6-4-3-5-12(13)15(16,17)18/h3-6,11,19-20H,2,7-10H2,1H3. The Morgan fingerprint density at radius 1 is 1.38 bits per heavy atom. The lowest BCUT2D eigenvalue weighted by molar-refractivity contribution is -0.139. The van der Waals surface area contributed by atoms with Crippen LogP contribution in [-0.2, 0) is 6.18 Å². The van der Waals surface area contributed by atoms with Gasteiger partial charge in [0.15, 0.2) is 0 Å². The summed E-state index contributed by atoms with van der Waals surface area (Å²) in [5.74, 6) is -0.139. The smallest absolute Gasteiger partial charge is 0.419 e. The Bertz CT molecular complexity index is 478. The molecule has 0 aliphatic heterocycles. The number of nitrogens with one attached hydrogen (secondary N) is 1.